The van der Waals surface area contributed by atoms with Gasteiger partial charge in [0.25, 0.3) is 0 Å². The van der Waals surface area contributed by atoms with Gasteiger partial charge in [0.1, 0.15) is 0 Å². The summed E-state index contributed by atoms with van der Waals surface area (Å²) in [5.41, 5.74) is 0. The van der Waals surface area contributed by atoms with Gasteiger partial charge in [-0.15, -0.1) is 0 Å². The van der Waals surface area contributed by atoms with E-state index in [1.807, 2.05) is 0 Å². The van der Waals surface area contributed by atoms with Crippen molar-refractivity contribution in [3.8, 4) is 0 Å². The van der Waals surface area contributed by atoms with Crippen molar-refractivity contribution in [1.29, 1.82) is 0 Å². The Hall–Kier alpha value is -1.85. The van der Waals surface area contributed by atoms with Crippen LogP contribution in [0.15, 0.2) is 12.2 Å². The monoisotopic (exact) mass is 426 g/mol. The molecule has 0 rings (SSSR count). The molecule has 0 aliphatic rings. The van der Waals surface area contributed by atoms with E-state index >= 15 is 0 Å². The Labute approximate surface area is 182 Å². The molecule has 0 aromatic carbocycles. The molecule has 0 aliphatic heterocycles. The lowest BCUT2D eigenvalue weighted by atomic mass is 10.1. The molecule has 0 aliphatic carbocycles. The first-order valence-electron chi connectivity index (χ1n) is 11.7. The van der Waals surface area contributed by atoms with Gasteiger partial charge in [0.05, 0.1) is 0 Å². The van der Waals surface area contributed by atoms with Crippen molar-refractivity contribution < 1.29 is 29.0 Å². The average Bonchev–Trinajstić information content (AvgIpc) is 2.70. The van der Waals surface area contributed by atoms with E-state index in [0.29, 0.717) is 0 Å². The Morgan fingerprint density at radius 2 is 1.23 bits per heavy atom. The molecule has 0 aromatic heterocycles. The summed E-state index contributed by atoms with van der Waals surface area (Å²) in [7, 11) is 0. The summed E-state index contributed by atoms with van der Waals surface area (Å²) >= 11 is 0. The number of carboxylic acids is 1. The van der Waals surface area contributed by atoms with Crippen LogP contribution in [0.4, 0.5) is 0 Å². The van der Waals surface area contributed by atoms with Crippen molar-refractivity contribution >= 4 is 17.9 Å². The summed E-state index contributed by atoms with van der Waals surface area (Å²) in [6.07, 6.45) is 17.9. The van der Waals surface area contributed by atoms with Gasteiger partial charge < -0.3 is 14.6 Å². The van der Waals surface area contributed by atoms with Crippen LogP contribution in [-0.4, -0.2) is 35.2 Å². The number of hydrogen-bond donors (Lipinski definition) is 1. The molecule has 0 unspecified atom stereocenters. The Kier molecular flexibility index (Phi) is 18.0. The number of ether oxygens (including phenoxy) is 2. The molecule has 0 aromatic rings. The van der Waals surface area contributed by atoms with Crippen LogP contribution in [0.3, 0.4) is 0 Å². The van der Waals surface area contributed by atoms with Crippen molar-refractivity contribution in [2.24, 2.45) is 0 Å². The van der Waals surface area contributed by atoms with Crippen LogP contribution in [0.2, 0.25) is 0 Å². The van der Waals surface area contributed by atoms with E-state index in [1.165, 1.54) is 65.2 Å². The predicted octanol–water partition coefficient (Wildman–Crippen LogP) is 5.97. The minimum Gasteiger partial charge on any atom is -0.479 e. The van der Waals surface area contributed by atoms with Gasteiger partial charge >= 0.3 is 17.9 Å². The van der Waals surface area contributed by atoms with Gasteiger partial charge in [0.2, 0.25) is 0 Å². The Balaban J connectivity index is 3.55. The normalized spacial score (nSPS) is 13.2. The molecule has 0 fully saturated rings. The van der Waals surface area contributed by atoms with E-state index < -0.39 is 30.1 Å². The lowest BCUT2D eigenvalue weighted by Crippen LogP contribution is -2.32. The standard InChI is InChI=1S/C24H42O6/c1-4-5-6-7-8-9-10-11-12-13-14-15-16-17-18-19-22(25)29-21(3)24(28)30-20(2)23(26)27/h11-12,20-21H,4-10,13-19H2,1-3H3,(H,26,27)/t20-,21-/m0/s1. The minimum atomic E-state index is -1.26. The third kappa shape index (κ3) is 17.0. The number of rotatable bonds is 19. The van der Waals surface area contributed by atoms with Crippen LogP contribution in [0.5, 0.6) is 0 Å². The molecule has 0 saturated carbocycles. The van der Waals surface area contributed by atoms with Gasteiger partial charge in [-0.05, 0) is 46.0 Å². The summed E-state index contributed by atoms with van der Waals surface area (Å²) in [6, 6.07) is 0. The molecule has 0 heterocycles. The second kappa shape index (κ2) is 19.1. The number of esters is 2. The molecule has 30 heavy (non-hydrogen) atoms. The molecule has 0 saturated heterocycles. The SMILES string of the molecule is CCCCCCCCC=CCCCCCCCC(=O)O[C@@H](C)C(=O)O[C@@H](C)C(=O)O. The quantitative estimate of drug-likeness (QED) is 0.155. The predicted molar refractivity (Wildman–Crippen MR) is 118 cm³/mol. The zero-order valence-corrected chi connectivity index (χ0v) is 19.2. The maximum atomic E-state index is 11.8. The summed E-state index contributed by atoms with van der Waals surface area (Å²) in [5, 5.41) is 8.71. The second-order valence-electron chi connectivity index (χ2n) is 7.88. The molecule has 0 spiro atoms. The van der Waals surface area contributed by atoms with E-state index in [1.54, 1.807) is 0 Å². The van der Waals surface area contributed by atoms with Crippen LogP contribution >= 0.6 is 0 Å². The number of allylic oxidation sites excluding steroid dienone is 2. The van der Waals surface area contributed by atoms with E-state index in [4.69, 9.17) is 9.84 Å². The zero-order valence-electron chi connectivity index (χ0n) is 19.2. The highest BCUT2D eigenvalue weighted by Gasteiger charge is 2.23. The Morgan fingerprint density at radius 1 is 0.733 bits per heavy atom. The first kappa shape index (κ1) is 28.1. The van der Waals surface area contributed by atoms with E-state index in [-0.39, 0.29) is 6.42 Å². The molecule has 0 bridgehead atoms. The zero-order chi connectivity index (χ0) is 22.6. The maximum absolute atomic E-state index is 11.8. The smallest absolute Gasteiger partial charge is 0.347 e. The van der Waals surface area contributed by atoms with Crippen molar-refractivity contribution in [2.45, 2.75) is 123 Å². The van der Waals surface area contributed by atoms with Crippen molar-refractivity contribution in [1.82, 2.24) is 0 Å². The van der Waals surface area contributed by atoms with Crippen molar-refractivity contribution in [3.63, 3.8) is 0 Å². The first-order valence-corrected chi connectivity index (χ1v) is 11.7. The summed E-state index contributed by atoms with van der Waals surface area (Å²) in [6.45, 7) is 4.88. The van der Waals surface area contributed by atoms with Crippen LogP contribution in [0, 0.1) is 0 Å². The van der Waals surface area contributed by atoms with Crippen LogP contribution in [0.25, 0.3) is 0 Å². The highest BCUT2D eigenvalue weighted by atomic mass is 16.6. The molecule has 0 amide bonds. The maximum Gasteiger partial charge on any atom is 0.347 e. The second-order valence-corrected chi connectivity index (χ2v) is 7.88. The highest BCUT2D eigenvalue weighted by molar-refractivity contribution is 5.82. The largest absolute Gasteiger partial charge is 0.479 e. The fourth-order valence-electron chi connectivity index (χ4n) is 2.96. The fraction of sp³-hybridized carbons (Fsp3) is 0.792. The van der Waals surface area contributed by atoms with Gasteiger partial charge in [-0.3, -0.25) is 4.79 Å². The van der Waals surface area contributed by atoms with Crippen molar-refractivity contribution in [2.75, 3.05) is 0 Å². The van der Waals surface area contributed by atoms with Crippen LogP contribution in [-0.2, 0) is 23.9 Å². The minimum absolute atomic E-state index is 0.254. The highest BCUT2D eigenvalue weighted by Crippen LogP contribution is 2.11. The number of carbonyl (C=O) groups is 3. The van der Waals surface area contributed by atoms with Gasteiger partial charge in [0.15, 0.2) is 12.2 Å². The first-order chi connectivity index (χ1) is 14.4. The lowest BCUT2D eigenvalue weighted by Gasteiger charge is -2.14. The van der Waals surface area contributed by atoms with E-state index in [9.17, 15) is 14.4 Å². The number of aliphatic carboxylic acids is 1. The van der Waals surface area contributed by atoms with Gasteiger partial charge in [-0.2, -0.15) is 0 Å². The molecule has 6 nitrogen and oxygen atoms in total. The summed E-state index contributed by atoms with van der Waals surface area (Å²) < 4.78 is 9.68. The van der Waals surface area contributed by atoms with Crippen molar-refractivity contribution in [3.05, 3.63) is 12.2 Å². The van der Waals surface area contributed by atoms with Crippen LogP contribution < -0.4 is 0 Å². The third-order valence-electron chi connectivity index (χ3n) is 4.92. The van der Waals surface area contributed by atoms with Gasteiger partial charge in [-0.1, -0.05) is 70.4 Å². The Bertz CT molecular complexity index is 500. The topological polar surface area (TPSA) is 89.9 Å². The van der Waals surface area contributed by atoms with Gasteiger partial charge in [-0.25, -0.2) is 9.59 Å². The fourth-order valence-corrected chi connectivity index (χ4v) is 2.96. The van der Waals surface area contributed by atoms with Crippen LogP contribution in [0.1, 0.15) is 111 Å². The van der Waals surface area contributed by atoms with Gasteiger partial charge in [0, 0.05) is 6.42 Å². The molecule has 6 heteroatoms. The average molecular weight is 427 g/mol. The number of hydrogen-bond acceptors (Lipinski definition) is 5. The molecular weight excluding hydrogens is 384 g/mol. The number of carboxylic acid groups (broad SMARTS) is 1. The Morgan fingerprint density at radius 3 is 1.77 bits per heavy atom. The van der Waals surface area contributed by atoms with E-state index in [0.717, 1.165) is 32.1 Å². The number of carbonyl (C=O) groups excluding carboxylic acids is 2. The molecule has 2 atom stereocenters. The van der Waals surface area contributed by atoms with E-state index in [2.05, 4.69) is 23.8 Å². The number of unbranched alkanes of at least 4 members (excludes halogenated alkanes) is 11. The summed E-state index contributed by atoms with van der Waals surface area (Å²) in [5.74, 6) is -2.54. The molecular formula is C24H42O6. The molecule has 1 N–H and O–H groups in total. The lowest BCUT2D eigenvalue weighted by molar-refractivity contribution is -0.174. The molecule has 174 valence electrons. The summed E-state index contributed by atoms with van der Waals surface area (Å²) in [4.78, 5) is 34.1. The molecule has 0 radical (unpaired) electrons. The third-order valence-corrected chi connectivity index (χ3v) is 4.92.